The highest BCUT2D eigenvalue weighted by Crippen LogP contribution is 2.58. The first-order valence-electron chi connectivity index (χ1n) is 10.6. The fourth-order valence-corrected chi connectivity index (χ4v) is 6.42. The SMILES string of the molecule is Cc1nn(-c2ccc(F)cc2)c(C)c1CC(=O)N[C@@H]1C[C@H]2C[C@@H]1[C@H]1CCC[C@H]21. The maximum absolute atomic E-state index is 13.2. The average molecular weight is 381 g/mol. The summed E-state index contributed by atoms with van der Waals surface area (Å²) in [7, 11) is 0. The van der Waals surface area contributed by atoms with Gasteiger partial charge in [-0.1, -0.05) is 6.42 Å². The van der Waals surface area contributed by atoms with Gasteiger partial charge in [0.1, 0.15) is 5.82 Å². The summed E-state index contributed by atoms with van der Waals surface area (Å²) in [5.41, 5.74) is 3.60. The summed E-state index contributed by atoms with van der Waals surface area (Å²) in [5, 5.41) is 7.95. The first kappa shape index (κ1) is 17.9. The van der Waals surface area contributed by atoms with Gasteiger partial charge in [0.15, 0.2) is 0 Å². The molecule has 1 aromatic carbocycles. The molecule has 2 bridgehead atoms. The van der Waals surface area contributed by atoms with Crippen molar-refractivity contribution in [1.29, 1.82) is 0 Å². The van der Waals surface area contributed by atoms with Crippen LogP contribution in [0.1, 0.15) is 49.1 Å². The largest absolute Gasteiger partial charge is 0.353 e. The minimum atomic E-state index is -0.264. The number of aromatic nitrogens is 2. The number of aryl methyl sites for hydroxylation is 1. The number of carbonyl (C=O) groups is 1. The van der Waals surface area contributed by atoms with Gasteiger partial charge in [0.2, 0.25) is 5.91 Å². The van der Waals surface area contributed by atoms with Crippen molar-refractivity contribution in [2.24, 2.45) is 23.7 Å². The van der Waals surface area contributed by atoms with Crippen LogP contribution >= 0.6 is 0 Å². The van der Waals surface area contributed by atoms with Crippen molar-refractivity contribution in [3.63, 3.8) is 0 Å². The van der Waals surface area contributed by atoms with Gasteiger partial charge in [-0.05, 0) is 87.5 Å². The monoisotopic (exact) mass is 381 g/mol. The summed E-state index contributed by atoms with van der Waals surface area (Å²) in [5.74, 6) is 3.18. The van der Waals surface area contributed by atoms with Gasteiger partial charge in [-0.25, -0.2) is 9.07 Å². The second kappa shape index (κ2) is 6.71. The first-order valence-corrected chi connectivity index (χ1v) is 10.6. The molecule has 2 aromatic rings. The van der Waals surface area contributed by atoms with Crippen molar-refractivity contribution in [3.8, 4) is 5.69 Å². The summed E-state index contributed by atoms with van der Waals surface area (Å²) in [6.45, 7) is 3.92. The molecule has 0 spiro atoms. The second-order valence-corrected chi connectivity index (χ2v) is 9.04. The van der Waals surface area contributed by atoms with Crippen molar-refractivity contribution in [2.75, 3.05) is 0 Å². The average Bonchev–Trinajstić information content (AvgIpc) is 3.41. The standard InChI is InChI=1S/C23H28FN3O/c1-13-20(14(2)27(26-13)17-8-6-16(24)7-9-17)12-23(28)25-22-11-15-10-21(22)19-5-3-4-18(15)19/h6-9,15,18-19,21-22H,3-5,10-12H2,1-2H3,(H,25,28)/t15-,18-,19+,21-,22-/m1/s1. The zero-order valence-electron chi connectivity index (χ0n) is 16.6. The van der Waals surface area contributed by atoms with Crippen LogP contribution in [-0.2, 0) is 11.2 Å². The minimum absolute atomic E-state index is 0.108. The maximum Gasteiger partial charge on any atom is 0.224 e. The molecule has 1 heterocycles. The molecule has 148 valence electrons. The molecule has 28 heavy (non-hydrogen) atoms. The van der Waals surface area contributed by atoms with Crippen LogP contribution in [-0.4, -0.2) is 21.7 Å². The van der Waals surface area contributed by atoms with Gasteiger partial charge >= 0.3 is 0 Å². The van der Waals surface area contributed by atoms with E-state index in [1.807, 2.05) is 13.8 Å². The highest BCUT2D eigenvalue weighted by molar-refractivity contribution is 5.79. The number of hydrogen-bond acceptors (Lipinski definition) is 2. The van der Waals surface area contributed by atoms with Crippen LogP contribution in [0.25, 0.3) is 5.69 Å². The lowest BCUT2D eigenvalue weighted by atomic mass is 9.79. The molecule has 3 saturated carbocycles. The number of hydrogen-bond donors (Lipinski definition) is 1. The van der Waals surface area contributed by atoms with Gasteiger partial charge in [-0.3, -0.25) is 4.79 Å². The summed E-state index contributed by atoms with van der Waals surface area (Å²) < 4.78 is 15.0. The molecule has 5 rings (SSSR count). The van der Waals surface area contributed by atoms with E-state index in [4.69, 9.17) is 0 Å². The fraction of sp³-hybridized carbons (Fsp3) is 0.565. The first-order chi connectivity index (χ1) is 13.5. The van der Waals surface area contributed by atoms with Crippen LogP contribution in [0, 0.1) is 43.3 Å². The third kappa shape index (κ3) is 2.87. The van der Waals surface area contributed by atoms with Crippen molar-refractivity contribution in [1.82, 2.24) is 15.1 Å². The number of amides is 1. The van der Waals surface area contributed by atoms with E-state index in [1.165, 1.54) is 44.2 Å². The lowest BCUT2D eigenvalue weighted by Crippen LogP contribution is -2.43. The van der Waals surface area contributed by atoms with Crippen LogP contribution < -0.4 is 5.32 Å². The van der Waals surface area contributed by atoms with E-state index in [2.05, 4.69) is 10.4 Å². The van der Waals surface area contributed by atoms with Crippen LogP contribution in [0.3, 0.4) is 0 Å². The minimum Gasteiger partial charge on any atom is -0.353 e. The molecule has 5 heteroatoms. The van der Waals surface area contributed by atoms with Gasteiger partial charge in [0, 0.05) is 17.3 Å². The summed E-state index contributed by atoms with van der Waals surface area (Å²) >= 11 is 0. The van der Waals surface area contributed by atoms with E-state index in [-0.39, 0.29) is 11.7 Å². The number of nitrogens with one attached hydrogen (secondary N) is 1. The molecule has 1 N–H and O–H groups in total. The number of nitrogens with zero attached hydrogens (tertiary/aromatic N) is 2. The van der Waals surface area contributed by atoms with E-state index < -0.39 is 0 Å². The van der Waals surface area contributed by atoms with E-state index in [0.717, 1.165) is 40.4 Å². The Kier molecular flexibility index (Phi) is 4.29. The van der Waals surface area contributed by atoms with Crippen molar-refractivity contribution >= 4 is 5.91 Å². The summed E-state index contributed by atoms with van der Waals surface area (Å²) in [6, 6.07) is 6.66. The normalized spacial score (nSPS) is 30.6. The molecule has 0 saturated heterocycles. The van der Waals surface area contributed by atoms with Crippen LogP contribution in [0.2, 0.25) is 0 Å². The van der Waals surface area contributed by atoms with Crippen molar-refractivity contribution < 1.29 is 9.18 Å². The van der Waals surface area contributed by atoms with Crippen LogP contribution in [0.5, 0.6) is 0 Å². The van der Waals surface area contributed by atoms with Crippen molar-refractivity contribution in [2.45, 2.75) is 58.4 Å². The smallest absolute Gasteiger partial charge is 0.224 e. The quantitative estimate of drug-likeness (QED) is 0.866. The molecule has 3 fully saturated rings. The summed E-state index contributed by atoms with van der Waals surface area (Å²) in [6.07, 6.45) is 7.00. The predicted octanol–water partition coefficient (Wildman–Crippen LogP) is 4.11. The number of carbonyl (C=O) groups excluding carboxylic acids is 1. The van der Waals surface area contributed by atoms with Gasteiger partial charge in [0.05, 0.1) is 17.8 Å². The molecule has 1 amide bonds. The Morgan fingerprint density at radius 1 is 1.14 bits per heavy atom. The molecule has 3 aliphatic rings. The second-order valence-electron chi connectivity index (χ2n) is 9.04. The van der Waals surface area contributed by atoms with E-state index in [0.29, 0.717) is 18.4 Å². The summed E-state index contributed by atoms with van der Waals surface area (Å²) in [4.78, 5) is 12.8. The lowest BCUT2D eigenvalue weighted by Gasteiger charge is -2.32. The predicted molar refractivity (Wildman–Crippen MR) is 106 cm³/mol. The molecule has 4 nitrogen and oxygen atoms in total. The Morgan fingerprint density at radius 2 is 1.89 bits per heavy atom. The van der Waals surface area contributed by atoms with Gasteiger partial charge in [-0.2, -0.15) is 5.10 Å². The van der Waals surface area contributed by atoms with Gasteiger partial charge in [0.25, 0.3) is 0 Å². The van der Waals surface area contributed by atoms with Crippen molar-refractivity contribution in [3.05, 3.63) is 47.0 Å². The van der Waals surface area contributed by atoms with Gasteiger partial charge < -0.3 is 5.32 Å². The molecule has 0 radical (unpaired) electrons. The zero-order chi connectivity index (χ0) is 19.4. The van der Waals surface area contributed by atoms with Gasteiger partial charge in [-0.15, -0.1) is 0 Å². The molecule has 0 aliphatic heterocycles. The Balaban J connectivity index is 1.29. The van der Waals surface area contributed by atoms with Crippen LogP contribution in [0.15, 0.2) is 24.3 Å². The lowest BCUT2D eigenvalue weighted by molar-refractivity contribution is -0.121. The number of benzene rings is 1. The molecule has 5 atom stereocenters. The Bertz CT molecular complexity index is 903. The highest BCUT2D eigenvalue weighted by atomic mass is 19.1. The Hall–Kier alpha value is -2.17. The number of fused-ring (bicyclic) bond motifs is 5. The molecular formula is C23H28FN3O. The zero-order valence-corrected chi connectivity index (χ0v) is 16.6. The van der Waals surface area contributed by atoms with E-state index in [9.17, 15) is 9.18 Å². The Labute approximate surface area is 165 Å². The van der Waals surface area contributed by atoms with E-state index in [1.54, 1.807) is 16.8 Å². The molecule has 3 aliphatic carbocycles. The topological polar surface area (TPSA) is 46.9 Å². The molecular weight excluding hydrogens is 353 g/mol. The van der Waals surface area contributed by atoms with Crippen LogP contribution in [0.4, 0.5) is 4.39 Å². The Morgan fingerprint density at radius 3 is 2.68 bits per heavy atom. The fourth-order valence-electron chi connectivity index (χ4n) is 6.42. The third-order valence-electron chi connectivity index (χ3n) is 7.62. The highest BCUT2D eigenvalue weighted by Gasteiger charge is 2.53. The number of rotatable bonds is 4. The molecule has 0 unspecified atom stereocenters. The maximum atomic E-state index is 13.2. The van der Waals surface area contributed by atoms with E-state index >= 15 is 0 Å². The third-order valence-corrected chi connectivity index (χ3v) is 7.62. The molecule has 1 aromatic heterocycles. The number of halogens is 1.